The normalized spacial score (nSPS) is 19.6. The molecule has 1 aliphatic rings. The van der Waals surface area contributed by atoms with Crippen molar-refractivity contribution in [3.63, 3.8) is 0 Å². The lowest BCUT2D eigenvalue weighted by atomic mass is 10.1. The summed E-state index contributed by atoms with van der Waals surface area (Å²) in [5.41, 5.74) is 4.79. The van der Waals surface area contributed by atoms with Gasteiger partial charge >= 0.3 is 0 Å². The Morgan fingerprint density at radius 2 is 1.86 bits per heavy atom. The van der Waals surface area contributed by atoms with Crippen LogP contribution in [0.25, 0.3) is 11.1 Å². The quantitative estimate of drug-likeness (QED) is 0.607. The van der Waals surface area contributed by atoms with Crippen LogP contribution in [0.2, 0.25) is 0 Å². The number of thiophene rings is 1. The molecule has 2 heterocycles. The van der Waals surface area contributed by atoms with E-state index >= 15 is 0 Å². The second-order valence-electron chi connectivity index (χ2n) is 7.36. The molecule has 0 bridgehead atoms. The maximum atomic E-state index is 12.6. The van der Waals surface area contributed by atoms with E-state index in [-0.39, 0.29) is 6.04 Å². The molecule has 4 rings (SSSR count). The second kappa shape index (κ2) is 8.27. The van der Waals surface area contributed by atoms with Gasteiger partial charge in [-0.2, -0.15) is 11.3 Å². The van der Waals surface area contributed by atoms with Crippen LogP contribution in [0.3, 0.4) is 0 Å². The van der Waals surface area contributed by atoms with E-state index < -0.39 is 10.4 Å². The average Bonchev–Trinajstić information content (AvgIpc) is 3.35. The van der Waals surface area contributed by atoms with E-state index in [0.717, 1.165) is 31.6 Å². The molecule has 2 atom stereocenters. The molecule has 0 spiro atoms. The van der Waals surface area contributed by atoms with Crippen LogP contribution >= 0.6 is 11.3 Å². The third-order valence-electron chi connectivity index (χ3n) is 5.14. The van der Waals surface area contributed by atoms with Gasteiger partial charge in [-0.05, 0) is 59.0 Å². The minimum atomic E-state index is -3.46. The molecule has 0 aliphatic carbocycles. The number of aryl methyl sites for hydroxylation is 1. The van der Waals surface area contributed by atoms with Gasteiger partial charge in [0, 0.05) is 19.6 Å². The fraction of sp³-hybridized carbons (Fsp3) is 0.273. The Kier molecular flexibility index (Phi) is 5.75. The molecule has 1 aromatic heterocycles. The summed E-state index contributed by atoms with van der Waals surface area (Å²) in [5, 5.41) is 4.24. The number of likely N-dealkylation sites (tertiary alicyclic amines) is 1. The van der Waals surface area contributed by atoms with Crippen molar-refractivity contribution >= 4 is 21.7 Å². The highest BCUT2D eigenvalue weighted by molar-refractivity contribution is 7.95. The van der Waals surface area contributed by atoms with Crippen molar-refractivity contribution in [1.82, 2.24) is 9.62 Å². The largest absolute Gasteiger partial charge is 0.593 e. The SMILES string of the molecule is Cc1ccc([S+](=O)([O-])NC2CCN(Cc3ccc(-c4ccsc4)cc3)C2)cc1. The molecule has 0 amide bonds. The zero-order chi connectivity index (χ0) is 19.6. The van der Waals surface area contributed by atoms with Gasteiger partial charge in [0.25, 0.3) is 0 Å². The summed E-state index contributed by atoms with van der Waals surface area (Å²) in [5.74, 6) is 0. The van der Waals surface area contributed by atoms with Crippen LogP contribution in [0.4, 0.5) is 0 Å². The Morgan fingerprint density at radius 3 is 2.54 bits per heavy atom. The molecule has 3 aromatic rings. The molecule has 1 aliphatic heterocycles. The molecule has 4 nitrogen and oxygen atoms in total. The molecular formula is C22H24N2O2S2. The van der Waals surface area contributed by atoms with E-state index in [9.17, 15) is 8.76 Å². The van der Waals surface area contributed by atoms with Crippen LogP contribution in [0, 0.1) is 6.92 Å². The fourth-order valence-corrected chi connectivity index (χ4v) is 5.49. The average molecular weight is 413 g/mol. The van der Waals surface area contributed by atoms with Crippen LogP contribution < -0.4 is 4.72 Å². The summed E-state index contributed by atoms with van der Waals surface area (Å²) >= 11 is 1.70. The summed E-state index contributed by atoms with van der Waals surface area (Å²) in [6, 6.07) is 17.7. The van der Waals surface area contributed by atoms with Gasteiger partial charge in [0.2, 0.25) is 0 Å². The van der Waals surface area contributed by atoms with Gasteiger partial charge in [-0.15, -0.1) is 4.72 Å². The van der Waals surface area contributed by atoms with Gasteiger partial charge in [-0.1, -0.05) is 46.2 Å². The zero-order valence-electron chi connectivity index (χ0n) is 15.8. The first-order chi connectivity index (χ1) is 13.5. The van der Waals surface area contributed by atoms with Crippen molar-refractivity contribution in [2.24, 2.45) is 0 Å². The van der Waals surface area contributed by atoms with E-state index in [4.69, 9.17) is 0 Å². The van der Waals surface area contributed by atoms with Crippen molar-refractivity contribution in [2.45, 2.75) is 30.8 Å². The van der Waals surface area contributed by atoms with Gasteiger partial charge in [0.1, 0.15) is 0 Å². The van der Waals surface area contributed by atoms with Crippen molar-refractivity contribution < 1.29 is 8.76 Å². The number of hydrogen-bond acceptors (Lipinski definition) is 4. The highest BCUT2D eigenvalue weighted by atomic mass is 32.3. The predicted octanol–water partition coefficient (Wildman–Crippen LogP) is 4.49. The molecule has 2 aromatic carbocycles. The molecular weight excluding hydrogens is 388 g/mol. The molecule has 1 N–H and O–H groups in total. The lowest BCUT2D eigenvalue weighted by Gasteiger charge is -2.20. The number of benzene rings is 2. The first-order valence-electron chi connectivity index (χ1n) is 9.42. The summed E-state index contributed by atoms with van der Waals surface area (Å²) in [4.78, 5) is 2.64. The van der Waals surface area contributed by atoms with E-state index in [2.05, 4.69) is 50.7 Å². The molecule has 0 saturated carbocycles. The van der Waals surface area contributed by atoms with E-state index in [0.29, 0.717) is 4.90 Å². The third kappa shape index (κ3) is 4.59. The molecule has 6 heteroatoms. The summed E-state index contributed by atoms with van der Waals surface area (Å²) < 4.78 is 28.0. The minimum absolute atomic E-state index is 0.0450. The number of nitrogens with zero attached hydrogens (tertiary/aromatic N) is 1. The van der Waals surface area contributed by atoms with Crippen LogP contribution in [0.1, 0.15) is 17.5 Å². The molecule has 2 unspecified atom stereocenters. The third-order valence-corrected chi connectivity index (χ3v) is 7.36. The highest BCUT2D eigenvalue weighted by Gasteiger charge is 2.30. The highest BCUT2D eigenvalue weighted by Crippen LogP contribution is 2.24. The van der Waals surface area contributed by atoms with Crippen LogP contribution in [-0.2, 0) is 21.2 Å². The summed E-state index contributed by atoms with van der Waals surface area (Å²) in [7, 11) is -3.46. The second-order valence-corrected chi connectivity index (χ2v) is 9.86. The number of hydrogen-bond donors (Lipinski definition) is 1. The van der Waals surface area contributed by atoms with E-state index in [1.165, 1.54) is 16.7 Å². The first-order valence-corrected chi connectivity index (χ1v) is 11.8. The maximum Gasteiger partial charge on any atom is 0.175 e. The Balaban J connectivity index is 1.34. The van der Waals surface area contributed by atoms with Gasteiger partial charge in [0.05, 0.1) is 6.04 Å². The topological polar surface area (TPSA) is 55.4 Å². The number of rotatable bonds is 6. The summed E-state index contributed by atoms with van der Waals surface area (Å²) in [6.45, 7) is 4.42. The van der Waals surface area contributed by atoms with E-state index in [1.807, 2.05) is 19.1 Å². The molecule has 1 saturated heterocycles. The van der Waals surface area contributed by atoms with Gasteiger partial charge < -0.3 is 4.55 Å². The van der Waals surface area contributed by atoms with Crippen molar-refractivity contribution in [3.8, 4) is 11.1 Å². The van der Waals surface area contributed by atoms with Crippen molar-refractivity contribution in [1.29, 1.82) is 0 Å². The predicted molar refractivity (Wildman–Crippen MR) is 115 cm³/mol. The monoisotopic (exact) mass is 412 g/mol. The van der Waals surface area contributed by atoms with E-state index in [1.54, 1.807) is 23.5 Å². The first kappa shape index (κ1) is 19.5. The summed E-state index contributed by atoms with van der Waals surface area (Å²) in [6.07, 6.45) is 0.831. The van der Waals surface area contributed by atoms with Crippen molar-refractivity contribution in [2.75, 3.05) is 13.1 Å². The molecule has 0 radical (unpaired) electrons. The van der Waals surface area contributed by atoms with Gasteiger partial charge in [-0.25, -0.2) is 0 Å². The zero-order valence-corrected chi connectivity index (χ0v) is 17.5. The number of sulfonamides is 1. The smallest absolute Gasteiger partial charge is 0.175 e. The van der Waals surface area contributed by atoms with Crippen molar-refractivity contribution in [3.05, 3.63) is 76.5 Å². The van der Waals surface area contributed by atoms with Gasteiger partial charge in [0.15, 0.2) is 15.3 Å². The van der Waals surface area contributed by atoms with Gasteiger partial charge in [-0.3, -0.25) is 4.90 Å². The standard InChI is InChI=1S/C22H24N2O2S2/c1-17-2-8-22(9-3-17)28(25,26)23-21-10-12-24(15-21)14-18-4-6-19(7-5-18)20-11-13-27-16-20/h2-9,11,13,16,21H,10,12,14-15H2,1H3,(H-,23,25,26). The molecule has 28 heavy (non-hydrogen) atoms. The fourth-order valence-electron chi connectivity index (χ4n) is 3.57. The molecule has 1 fully saturated rings. The van der Waals surface area contributed by atoms with Crippen LogP contribution in [-0.4, -0.2) is 28.6 Å². The molecule has 146 valence electrons. The lowest BCUT2D eigenvalue weighted by Crippen LogP contribution is -2.40. The van der Waals surface area contributed by atoms with Crippen LogP contribution in [0.5, 0.6) is 0 Å². The van der Waals surface area contributed by atoms with Crippen LogP contribution in [0.15, 0.2) is 70.3 Å². The maximum absolute atomic E-state index is 12.6. The number of nitrogens with one attached hydrogen (secondary N) is 1. The lowest BCUT2D eigenvalue weighted by molar-refractivity contribution is 0.323. The Morgan fingerprint density at radius 1 is 1.11 bits per heavy atom. The minimum Gasteiger partial charge on any atom is -0.593 e. The Labute approximate surface area is 171 Å². The Hall–Kier alpha value is -1.83. The Bertz CT molecular complexity index is 953.